The van der Waals surface area contributed by atoms with Crippen molar-refractivity contribution in [2.45, 2.75) is 12.5 Å². The van der Waals surface area contributed by atoms with Crippen molar-refractivity contribution in [2.24, 2.45) is 0 Å². The van der Waals surface area contributed by atoms with Gasteiger partial charge in [0.1, 0.15) is 6.33 Å². The first-order chi connectivity index (χ1) is 5.45. The van der Waals surface area contributed by atoms with Crippen molar-refractivity contribution < 1.29 is 0 Å². The monoisotopic (exact) mass is 187 g/mol. The second-order valence-corrected chi connectivity index (χ2v) is 4.38. The molecule has 0 aromatic carbocycles. The summed E-state index contributed by atoms with van der Waals surface area (Å²) in [6.45, 7) is 0. The predicted octanol–water partition coefficient (Wildman–Crippen LogP) is 1.46. The molecule has 60 valence electrons. The second-order valence-electron chi connectivity index (χ2n) is 2.45. The predicted molar refractivity (Wildman–Crippen MR) is 49.3 cm³/mol. The normalized spacial score (nSPS) is 23.8. The third-order valence-corrected chi connectivity index (χ3v) is 3.38. The molecule has 0 aliphatic carbocycles. The Morgan fingerprint density at radius 3 is 3.27 bits per heavy atom. The Balaban J connectivity index is 1.90. The van der Waals surface area contributed by atoms with Crippen LogP contribution in [0.1, 0.15) is 6.42 Å². The minimum atomic E-state index is 0.618. The molecule has 1 saturated heterocycles. The lowest BCUT2D eigenvalue weighted by atomic mass is 10.3. The van der Waals surface area contributed by atoms with E-state index in [-0.39, 0.29) is 0 Å². The average Bonchev–Trinajstić information content (AvgIpc) is 2.60. The van der Waals surface area contributed by atoms with E-state index in [9.17, 15) is 0 Å². The van der Waals surface area contributed by atoms with Crippen molar-refractivity contribution in [1.29, 1.82) is 0 Å². The summed E-state index contributed by atoms with van der Waals surface area (Å²) in [5, 5.41) is 4.30. The molecule has 1 aromatic rings. The van der Waals surface area contributed by atoms with Gasteiger partial charge in [-0.1, -0.05) is 0 Å². The van der Waals surface area contributed by atoms with Crippen LogP contribution in [0.3, 0.4) is 0 Å². The van der Waals surface area contributed by atoms with E-state index in [1.165, 1.54) is 29.5 Å². The molecule has 1 N–H and O–H groups in total. The summed E-state index contributed by atoms with van der Waals surface area (Å²) in [5.74, 6) is 2.48. The molecule has 1 aliphatic heterocycles. The summed E-state index contributed by atoms with van der Waals surface area (Å²) in [7, 11) is 0. The molecule has 3 nitrogen and oxygen atoms in total. The molecular formula is C6H9N3S2. The molecule has 0 saturated carbocycles. The van der Waals surface area contributed by atoms with Crippen LogP contribution in [0.4, 0.5) is 5.13 Å². The summed E-state index contributed by atoms with van der Waals surface area (Å²) in [6, 6.07) is 0.618. The summed E-state index contributed by atoms with van der Waals surface area (Å²) in [5.41, 5.74) is 0. The van der Waals surface area contributed by atoms with Crippen LogP contribution < -0.4 is 5.32 Å². The topological polar surface area (TPSA) is 37.8 Å². The van der Waals surface area contributed by atoms with E-state index in [2.05, 4.69) is 14.7 Å². The van der Waals surface area contributed by atoms with E-state index in [0.29, 0.717) is 6.04 Å². The van der Waals surface area contributed by atoms with E-state index in [4.69, 9.17) is 0 Å². The Hall–Kier alpha value is -0.290. The van der Waals surface area contributed by atoms with Crippen LogP contribution in [0.5, 0.6) is 0 Å². The quantitative estimate of drug-likeness (QED) is 0.760. The first-order valence-corrected chi connectivity index (χ1v) is 5.49. The maximum atomic E-state index is 4.07. The molecule has 1 atom stereocenters. The van der Waals surface area contributed by atoms with Crippen molar-refractivity contribution >= 4 is 28.4 Å². The van der Waals surface area contributed by atoms with Gasteiger partial charge >= 0.3 is 0 Å². The number of nitrogens with one attached hydrogen (secondary N) is 1. The van der Waals surface area contributed by atoms with E-state index >= 15 is 0 Å². The summed E-state index contributed by atoms with van der Waals surface area (Å²) >= 11 is 3.43. The minimum Gasteiger partial charge on any atom is -0.357 e. The van der Waals surface area contributed by atoms with Crippen molar-refractivity contribution in [1.82, 2.24) is 9.36 Å². The molecule has 11 heavy (non-hydrogen) atoms. The maximum Gasteiger partial charge on any atom is 0.202 e. The van der Waals surface area contributed by atoms with Crippen LogP contribution in [-0.2, 0) is 0 Å². The van der Waals surface area contributed by atoms with Gasteiger partial charge in [-0.3, -0.25) is 0 Å². The number of thioether (sulfide) groups is 1. The van der Waals surface area contributed by atoms with Gasteiger partial charge in [0, 0.05) is 23.3 Å². The fourth-order valence-corrected chi connectivity index (χ4v) is 2.72. The lowest BCUT2D eigenvalue weighted by Crippen LogP contribution is -2.17. The van der Waals surface area contributed by atoms with Gasteiger partial charge in [-0.25, -0.2) is 4.98 Å². The van der Waals surface area contributed by atoms with E-state index in [1.54, 1.807) is 6.33 Å². The van der Waals surface area contributed by atoms with Gasteiger partial charge < -0.3 is 5.32 Å². The lowest BCUT2D eigenvalue weighted by Gasteiger charge is -2.07. The molecule has 0 amide bonds. The number of hydrogen-bond donors (Lipinski definition) is 1. The first kappa shape index (κ1) is 7.36. The van der Waals surface area contributed by atoms with Crippen LogP contribution in [0, 0.1) is 0 Å². The largest absolute Gasteiger partial charge is 0.357 e. The number of hydrogen-bond acceptors (Lipinski definition) is 5. The summed E-state index contributed by atoms with van der Waals surface area (Å²) in [6.07, 6.45) is 2.85. The zero-order chi connectivity index (χ0) is 7.52. The van der Waals surface area contributed by atoms with Gasteiger partial charge in [0.05, 0.1) is 0 Å². The molecule has 0 radical (unpaired) electrons. The van der Waals surface area contributed by atoms with Crippen molar-refractivity contribution in [2.75, 3.05) is 16.8 Å². The number of nitrogens with zero attached hydrogens (tertiary/aromatic N) is 2. The third-order valence-electron chi connectivity index (χ3n) is 1.62. The molecule has 5 heteroatoms. The Kier molecular flexibility index (Phi) is 2.28. The van der Waals surface area contributed by atoms with Gasteiger partial charge in [-0.2, -0.15) is 16.1 Å². The zero-order valence-corrected chi connectivity index (χ0v) is 7.62. The first-order valence-electron chi connectivity index (χ1n) is 3.56. The van der Waals surface area contributed by atoms with Crippen LogP contribution in [0.15, 0.2) is 6.33 Å². The maximum absolute atomic E-state index is 4.07. The highest BCUT2D eigenvalue weighted by molar-refractivity contribution is 7.99. The second kappa shape index (κ2) is 3.40. The smallest absolute Gasteiger partial charge is 0.202 e. The number of anilines is 1. The molecule has 1 aromatic heterocycles. The molecule has 2 rings (SSSR count). The lowest BCUT2D eigenvalue weighted by molar-refractivity contribution is 0.811. The van der Waals surface area contributed by atoms with Crippen LogP contribution in [-0.4, -0.2) is 26.9 Å². The molecule has 0 spiro atoms. The van der Waals surface area contributed by atoms with Gasteiger partial charge in [-0.15, -0.1) is 0 Å². The van der Waals surface area contributed by atoms with E-state index < -0.39 is 0 Å². The fourth-order valence-electron chi connectivity index (χ4n) is 1.06. The van der Waals surface area contributed by atoms with Crippen LogP contribution in [0.2, 0.25) is 0 Å². The summed E-state index contributed by atoms with van der Waals surface area (Å²) in [4.78, 5) is 4.07. The third kappa shape index (κ3) is 1.84. The van der Waals surface area contributed by atoms with Gasteiger partial charge in [0.2, 0.25) is 5.13 Å². The van der Waals surface area contributed by atoms with E-state index in [1.807, 2.05) is 11.8 Å². The Morgan fingerprint density at radius 1 is 1.64 bits per heavy atom. The molecular weight excluding hydrogens is 178 g/mol. The Labute approximate surface area is 73.8 Å². The highest BCUT2D eigenvalue weighted by Crippen LogP contribution is 2.21. The Bertz CT molecular complexity index is 206. The number of rotatable bonds is 2. The highest BCUT2D eigenvalue weighted by atomic mass is 32.2. The standard InChI is InChI=1S/C6H9N3S2/c1-2-10-3-5(1)9-6-7-4-8-11-6/h4-5H,1-3H2,(H,7,8,9). The van der Waals surface area contributed by atoms with E-state index in [0.717, 1.165) is 5.13 Å². The molecule has 1 aliphatic rings. The number of aromatic nitrogens is 2. The molecule has 1 fully saturated rings. The fraction of sp³-hybridized carbons (Fsp3) is 0.667. The van der Waals surface area contributed by atoms with Crippen LogP contribution in [0.25, 0.3) is 0 Å². The SMILES string of the molecule is c1nsc(NC2CCSC2)n1. The summed E-state index contributed by atoms with van der Waals surface area (Å²) < 4.78 is 3.93. The average molecular weight is 187 g/mol. The minimum absolute atomic E-state index is 0.618. The van der Waals surface area contributed by atoms with Gasteiger partial charge in [-0.05, 0) is 12.2 Å². The zero-order valence-electron chi connectivity index (χ0n) is 5.99. The molecule has 0 bridgehead atoms. The van der Waals surface area contributed by atoms with Crippen molar-refractivity contribution in [3.05, 3.63) is 6.33 Å². The van der Waals surface area contributed by atoms with Gasteiger partial charge in [0.25, 0.3) is 0 Å². The Morgan fingerprint density at radius 2 is 2.64 bits per heavy atom. The highest BCUT2D eigenvalue weighted by Gasteiger charge is 2.15. The van der Waals surface area contributed by atoms with Gasteiger partial charge in [0.15, 0.2) is 0 Å². The van der Waals surface area contributed by atoms with Crippen molar-refractivity contribution in [3.63, 3.8) is 0 Å². The molecule has 2 heterocycles. The van der Waals surface area contributed by atoms with Crippen molar-refractivity contribution in [3.8, 4) is 0 Å². The molecule has 1 unspecified atom stereocenters. The van der Waals surface area contributed by atoms with Crippen LogP contribution >= 0.6 is 23.3 Å².